The van der Waals surface area contributed by atoms with Gasteiger partial charge in [0.1, 0.15) is 17.4 Å². The Hall–Kier alpha value is -3.78. The first kappa shape index (κ1) is 21.1. The molecule has 2 aromatic heterocycles. The lowest BCUT2D eigenvalue weighted by Crippen LogP contribution is -2.31. The predicted octanol–water partition coefficient (Wildman–Crippen LogP) is 5.51. The van der Waals surface area contributed by atoms with Crippen molar-refractivity contribution in [2.75, 3.05) is 0 Å². The third kappa shape index (κ3) is 3.82. The van der Waals surface area contributed by atoms with Crippen molar-refractivity contribution in [3.05, 3.63) is 112 Å². The van der Waals surface area contributed by atoms with Gasteiger partial charge in [-0.2, -0.15) is 0 Å². The molecule has 5 rings (SSSR count). The lowest BCUT2D eigenvalue weighted by Gasteiger charge is -2.26. The average Bonchev–Trinajstić information content (AvgIpc) is 3.35. The van der Waals surface area contributed by atoms with Crippen LogP contribution in [0.3, 0.4) is 0 Å². The van der Waals surface area contributed by atoms with Gasteiger partial charge in [-0.05, 0) is 54.1 Å². The molecule has 0 fully saturated rings. The minimum absolute atomic E-state index is 0.00186. The van der Waals surface area contributed by atoms with Crippen LogP contribution in [-0.2, 0) is 11.3 Å². The van der Waals surface area contributed by atoms with Crippen molar-refractivity contribution in [1.29, 1.82) is 0 Å². The first-order valence-corrected chi connectivity index (χ1v) is 10.8. The van der Waals surface area contributed by atoms with Crippen molar-refractivity contribution in [2.24, 2.45) is 0 Å². The zero-order chi connectivity index (χ0) is 23.1. The number of rotatable bonds is 5. The molecule has 0 saturated carbocycles. The monoisotopic (exact) mass is 506 g/mol. The summed E-state index contributed by atoms with van der Waals surface area (Å²) in [6, 6.07) is 16.8. The summed E-state index contributed by atoms with van der Waals surface area (Å²) in [4.78, 5) is 32.2. The van der Waals surface area contributed by atoms with E-state index in [0.29, 0.717) is 22.2 Å². The first-order chi connectivity index (χ1) is 15.9. The number of aliphatic hydroxyl groups excluding tert-OH is 1. The highest BCUT2D eigenvalue weighted by Crippen LogP contribution is 2.39. The Morgan fingerprint density at radius 2 is 1.91 bits per heavy atom. The summed E-state index contributed by atoms with van der Waals surface area (Å²) >= 11 is 3.39. The number of aromatic nitrogens is 1. The van der Waals surface area contributed by atoms with Gasteiger partial charge >= 0.3 is 0 Å². The van der Waals surface area contributed by atoms with Crippen LogP contribution in [0.1, 0.15) is 27.9 Å². The van der Waals surface area contributed by atoms with Crippen LogP contribution in [0.4, 0.5) is 4.39 Å². The molecule has 0 spiro atoms. The minimum atomic E-state index is -0.934. The maximum Gasteiger partial charge on any atom is 0.290 e. The molecule has 0 aliphatic carbocycles. The van der Waals surface area contributed by atoms with Gasteiger partial charge < -0.3 is 14.4 Å². The van der Waals surface area contributed by atoms with Crippen molar-refractivity contribution in [1.82, 2.24) is 9.88 Å². The molecule has 6 nitrogen and oxygen atoms in total. The Kier molecular flexibility index (Phi) is 5.30. The normalized spacial score (nSPS) is 16.1. The van der Waals surface area contributed by atoms with Crippen molar-refractivity contribution in [3.8, 4) is 0 Å². The molecule has 8 heteroatoms. The fraction of sp³-hybridized carbons (Fsp3) is 0.0800. The number of amides is 1. The molecule has 1 aliphatic rings. The van der Waals surface area contributed by atoms with E-state index in [4.69, 9.17) is 4.42 Å². The van der Waals surface area contributed by atoms with Gasteiger partial charge in [-0.15, -0.1) is 0 Å². The van der Waals surface area contributed by atoms with Gasteiger partial charge in [0.25, 0.3) is 5.91 Å². The van der Waals surface area contributed by atoms with E-state index >= 15 is 0 Å². The molecule has 1 atom stereocenters. The van der Waals surface area contributed by atoms with E-state index in [1.54, 1.807) is 60.8 Å². The van der Waals surface area contributed by atoms with Crippen LogP contribution in [0.15, 0.2) is 93.1 Å². The van der Waals surface area contributed by atoms with E-state index in [9.17, 15) is 19.1 Å². The van der Waals surface area contributed by atoms with Crippen LogP contribution >= 0.6 is 15.9 Å². The van der Waals surface area contributed by atoms with Crippen molar-refractivity contribution in [3.63, 3.8) is 0 Å². The zero-order valence-corrected chi connectivity index (χ0v) is 18.6. The van der Waals surface area contributed by atoms with Crippen LogP contribution in [0.25, 0.3) is 11.0 Å². The molecule has 3 heterocycles. The second kappa shape index (κ2) is 8.29. The molecule has 164 valence electrons. The largest absolute Gasteiger partial charge is 0.503 e. The van der Waals surface area contributed by atoms with Crippen LogP contribution in [-0.4, -0.2) is 26.7 Å². The second-order valence-electron chi connectivity index (χ2n) is 7.60. The lowest BCUT2D eigenvalue weighted by atomic mass is 9.98. The summed E-state index contributed by atoms with van der Waals surface area (Å²) in [6.45, 7) is 0.0499. The molecule has 0 saturated heterocycles. The summed E-state index contributed by atoms with van der Waals surface area (Å²) < 4.78 is 19.9. The lowest BCUT2D eigenvalue weighted by molar-refractivity contribution is -0.130. The Bertz CT molecular complexity index is 1410. The van der Waals surface area contributed by atoms with E-state index in [1.165, 1.54) is 17.0 Å². The van der Waals surface area contributed by atoms with E-state index in [2.05, 4.69) is 20.9 Å². The Labute approximate surface area is 196 Å². The predicted molar refractivity (Wildman–Crippen MR) is 122 cm³/mol. The molecule has 1 aliphatic heterocycles. The quantitative estimate of drug-likeness (QED) is 0.361. The molecule has 4 aromatic rings. The van der Waals surface area contributed by atoms with Crippen molar-refractivity contribution in [2.45, 2.75) is 12.6 Å². The molecular weight excluding hydrogens is 491 g/mol. The second-order valence-corrected chi connectivity index (χ2v) is 8.52. The summed E-state index contributed by atoms with van der Waals surface area (Å²) in [5.41, 5.74) is 1.45. The third-order valence-corrected chi connectivity index (χ3v) is 5.98. The summed E-state index contributed by atoms with van der Waals surface area (Å²) in [6.07, 6.45) is 1.55. The van der Waals surface area contributed by atoms with Gasteiger partial charge in [-0.3, -0.25) is 14.6 Å². The Morgan fingerprint density at radius 3 is 2.64 bits per heavy atom. The van der Waals surface area contributed by atoms with Gasteiger partial charge in [0.15, 0.2) is 11.5 Å². The van der Waals surface area contributed by atoms with Gasteiger partial charge in [-0.25, -0.2) is 4.39 Å². The van der Waals surface area contributed by atoms with E-state index in [1.807, 2.05) is 0 Å². The topological polar surface area (TPSA) is 83.6 Å². The number of halogens is 2. The number of hydrogen-bond acceptors (Lipinski definition) is 5. The van der Waals surface area contributed by atoms with E-state index in [0.717, 1.165) is 4.47 Å². The van der Waals surface area contributed by atoms with E-state index < -0.39 is 29.3 Å². The van der Waals surface area contributed by atoms with Crippen LogP contribution < -0.4 is 0 Å². The first-order valence-electron chi connectivity index (χ1n) is 10.1. The number of hydrogen-bond donors (Lipinski definition) is 1. The summed E-state index contributed by atoms with van der Waals surface area (Å²) in [5.74, 6) is -2.37. The average molecular weight is 507 g/mol. The van der Waals surface area contributed by atoms with Gasteiger partial charge in [0.2, 0.25) is 5.78 Å². The maximum absolute atomic E-state index is 13.5. The maximum atomic E-state index is 13.5. The number of ketones is 1. The third-order valence-electron chi connectivity index (χ3n) is 5.48. The smallest absolute Gasteiger partial charge is 0.290 e. The highest BCUT2D eigenvalue weighted by Gasteiger charge is 2.45. The molecular formula is C25H16BrFN2O4. The fourth-order valence-electron chi connectivity index (χ4n) is 3.94. The molecule has 33 heavy (non-hydrogen) atoms. The number of benzene rings is 2. The summed E-state index contributed by atoms with van der Waals surface area (Å²) in [7, 11) is 0. The highest BCUT2D eigenvalue weighted by molar-refractivity contribution is 9.10. The molecule has 1 N–H and O–H groups in total. The standard InChI is InChI=1S/C25H16BrFN2O4/c26-16-6-9-19-15(11-16)12-20(33-19)23(30)21-22(18-3-1-2-10-28-18)29(25(32)24(21)31)13-14-4-7-17(27)8-5-14/h1-12,22,31H,13H2. The number of nitrogens with zero attached hydrogens (tertiary/aromatic N) is 2. The van der Waals surface area contributed by atoms with Gasteiger partial charge in [0.05, 0.1) is 11.3 Å². The molecule has 2 aromatic carbocycles. The molecule has 1 amide bonds. The van der Waals surface area contributed by atoms with Crippen molar-refractivity contribution >= 4 is 38.6 Å². The molecule has 1 unspecified atom stereocenters. The molecule has 0 bridgehead atoms. The van der Waals surface area contributed by atoms with Crippen LogP contribution in [0.5, 0.6) is 0 Å². The number of pyridine rings is 1. The minimum Gasteiger partial charge on any atom is -0.503 e. The Balaban J connectivity index is 1.58. The van der Waals surface area contributed by atoms with Crippen LogP contribution in [0.2, 0.25) is 0 Å². The fourth-order valence-corrected chi connectivity index (χ4v) is 4.32. The number of carbonyl (C=O) groups excluding carboxylic acids is 2. The molecule has 0 radical (unpaired) electrons. The number of Topliss-reactive ketones (excluding diaryl/α,β-unsaturated/α-hetero) is 1. The number of aliphatic hydroxyl groups is 1. The van der Waals surface area contributed by atoms with Gasteiger partial charge in [0, 0.05) is 22.6 Å². The number of fused-ring (bicyclic) bond motifs is 1. The van der Waals surface area contributed by atoms with Crippen molar-refractivity contribution < 1.29 is 23.5 Å². The Morgan fingerprint density at radius 1 is 1.12 bits per heavy atom. The zero-order valence-electron chi connectivity index (χ0n) is 17.0. The number of carbonyl (C=O) groups is 2. The van der Waals surface area contributed by atoms with Crippen LogP contribution in [0, 0.1) is 5.82 Å². The van der Waals surface area contributed by atoms with Gasteiger partial charge in [-0.1, -0.05) is 34.1 Å². The van der Waals surface area contributed by atoms with E-state index in [-0.39, 0.29) is 17.9 Å². The SMILES string of the molecule is O=C(C1=C(O)C(=O)N(Cc2ccc(F)cc2)C1c1ccccn1)c1cc2cc(Br)ccc2o1. The highest BCUT2D eigenvalue weighted by atomic mass is 79.9. The summed E-state index contributed by atoms with van der Waals surface area (Å²) in [5, 5.41) is 11.5. The number of furan rings is 1.